The lowest BCUT2D eigenvalue weighted by Crippen LogP contribution is -1.97. The molecule has 176 valence electrons. The van der Waals surface area contributed by atoms with Crippen LogP contribution in [0.2, 0.25) is 0 Å². The summed E-state index contributed by atoms with van der Waals surface area (Å²) in [6.07, 6.45) is 0. The molecule has 0 atom stereocenters. The predicted molar refractivity (Wildman–Crippen MR) is 164 cm³/mol. The van der Waals surface area contributed by atoms with Gasteiger partial charge in [0.25, 0.3) is 0 Å². The third kappa shape index (κ3) is 3.70. The number of nitrogens with zero attached hydrogens (tertiary/aromatic N) is 1. The van der Waals surface area contributed by atoms with Crippen molar-refractivity contribution in [1.82, 2.24) is 4.98 Å². The van der Waals surface area contributed by atoms with E-state index in [4.69, 9.17) is 4.98 Å². The van der Waals surface area contributed by atoms with Crippen LogP contribution < -0.4 is 5.30 Å². The van der Waals surface area contributed by atoms with Gasteiger partial charge >= 0.3 is 0 Å². The third-order valence-electron chi connectivity index (χ3n) is 7.43. The summed E-state index contributed by atoms with van der Waals surface area (Å²) in [5, 5.41) is 8.63. The van der Waals surface area contributed by atoms with Gasteiger partial charge in [-0.1, -0.05) is 123 Å². The minimum absolute atomic E-state index is 0.0955. The molecule has 0 fully saturated rings. The zero-order valence-electron chi connectivity index (χ0n) is 20.9. The summed E-state index contributed by atoms with van der Waals surface area (Å²) in [6, 6.07) is 44.2. The zero-order chi connectivity index (χ0) is 24.9. The van der Waals surface area contributed by atoms with Gasteiger partial charge in [-0.3, -0.25) is 0 Å². The molecule has 37 heavy (non-hydrogen) atoms. The second-order valence-corrected chi connectivity index (χ2v) is 12.2. The van der Waals surface area contributed by atoms with Gasteiger partial charge in [0.05, 0.1) is 11.0 Å². The van der Waals surface area contributed by atoms with Crippen LogP contribution in [0.1, 0.15) is 0 Å². The Morgan fingerprint density at radius 1 is 0.459 bits per heavy atom. The van der Waals surface area contributed by atoms with Gasteiger partial charge in [-0.05, 0) is 52.2 Å². The molecule has 0 bridgehead atoms. The summed E-state index contributed by atoms with van der Waals surface area (Å²) in [6.45, 7) is 4.61. The van der Waals surface area contributed by atoms with Crippen LogP contribution in [0.15, 0.2) is 121 Å². The van der Waals surface area contributed by atoms with Crippen molar-refractivity contribution in [2.75, 3.05) is 13.3 Å². The van der Waals surface area contributed by atoms with Crippen molar-refractivity contribution in [2.45, 2.75) is 0 Å². The van der Waals surface area contributed by atoms with Crippen molar-refractivity contribution in [3.8, 4) is 22.3 Å². The molecular weight excluding hydrogens is 465 g/mol. The molecule has 0 spiro atoms. The number of hydrogen-bond acceptors (Lipinski definition) is 1. The number of aromatic nitrogens is 1. The molecule has 0 unspecified atom stereocenters. The van der Waals surface area contributed by atoms with Crippen LogP contribution in [0.5, 0.6) is 0 Å². The normalized spacial score (nSPS) is 11.8. The van der Waals surface area contributed by atoms with Crippen molar-refractivity contribution >= 4 is 56.6 Å². The summed E-state index contributed by atoms with van der Waals surface area (Å²) in [5.74, 6) is 0. The van der Waals surface area contributed by atoms with Crippen molar-refractivity contribution in [1.29, 1.82) is 0 Å². The van der Waals surface area contributed by atoms with Crippen LogP contribution >= 0.6 is 7.92 Å². The minimum Gasteiger partial charge on any atom is -0.246 e. The maximum Gasteiger partial charge on any atom is 0.0794 e. The Hall–Kier alpha value is -4.06. The van der Waals surface area contributed by atoms with E-state index in [1.165, 1.54) is 59.9 Å². The lowest BCUT2D eigenvalue weighted by Gasteiger charge is -2.15. The molecule has 0 saturated carbocycles. The Bertz CT molecular complexity index is 1860. The summed E-state index contributed by atoms with van der Waals surface area (Å²) in [5.41, 5.74) is 7.08. The highest BCUT2D eigenvalue weighted by Gasteiger charge is 2.16. The van der Waals surface area contributed by atoms with E-state index in [9.17, 15) is 0 Å². The van der Waals surface area contributed by atoms with Gasteiger partial charge in [0.15, 0.2) is 0 Å². The van der Waals surface area contributed by atoms with Gasteiger partial charge < -0.3 is 0 Å². The van der Waals surface area contributed by atoms with Crippen molar-refractivity contribution < 1.29 is 0 Å². The molecule has 0 aliphatic heterocycles. The summed E-state index contributed by atoms with van der Waals surface area (Å²) < 4.78 is 0. The second kappa shape index (κ2) is 8.80. The fourth-order valence-corrected chi connectivity index (χ4v) is 6.27. The number of fused-ring (bicyclic) bond motifs is 6. The SMILES string of the molecule is CP(C)c1ccc(-c2cccc(-c3c4ccc5ccccc5c4nc4c3ccc3ccccc34)c2)cc1. The maximum atomic E-state index is 5.33. The highest BCUT2D eigenvalue weighted by atomic mass is 31.1. The van der Waals surface area contributed by atoms with Crippen LogP contribution in [0, 0.1) is 0 Å². The van der Waals surface area contributed by atoms with Crippen LogP contribution in [0.3, 0.4) is 0 Å². The van der Waals surface area contributed by atoms with Gasteiger partial charge in [0, 0.05) is 27.1 Å². The van der Waals surface area contributed by atoms with Gasteiger partial charge in [-0.2, -0.15) is 0 Å². The second-order valence-electron chi connectivity index (χ2n) is 9.87. The molecule has 1 heterocycles. The molecule has 0 aliphatic rings. The first-order chi connectivity index (χ1) is 18.2. The quantitative estimate of drug-likeness (QED) is 0.136. The molecule has 0 N–H and O–H groups in total. The molecule has 6 aromatic carbocycles. The van der Waals surface area contributed by atoms with Crippen LogP contribution in [0.25, 0.3) is 65.6 Å². The Labute approximate surface area is 218 Å². The van der Waals surface area contributed by atoms with Gasteiger partial charge in [-0.25, -0.2) is 4.98 Å². The van der Waals surface area contributed by atoms with E-state index >= 15 is 0 Å². The van der Waals surface area contributed by atoms with Crippen LogP contribution in [-0.2, 0) is 0 Å². The monoisotopic (exact) mass is 491 g/mol. The van der Waals surface area contributed by atoms with E-state index in [0.717, 1.165) is 11.0 Å². The highest BCUT2D eigenvalue weighted by molar-refractivity contribution is 7.64. The Morgan fingerprint density at radius 3 is 1.62 bits per heavy atom. The smallest absolute Gasteiger partial charge is 0.0794 e. The third-order valence-corrected chi connectivity index (χ3v) is 8.76. The van der Waals surface area contributed by atoms with E-state index in [-0.39, 0.29) is 7.92 Å². The largest absolute Gasteiger partial charge is 0.246 e. The molecule has 0 saturated heterocycles. The van der Waals surface area contributed by atoms with E-state index in [1.807, 2.05) is 0 Å². The summed E-state index contributed by atoms with van der Waals surface area (Å²) >= 11 is 0. The average molecular weight is 492 g/mol. The van der Waals surface area contributed by atoms with Crippen molar-refractivity contribution in [3.05, 3.63) is 121 Å². The fourth-order valence-electron chi connectivity index (χ4n) is 5.53. The minimum atomic E-state index is -0.0955. The standard InChI is InChI=1S/C35H26NP/c1-37(2)28-18-14-23(15-19-28)26-10-7-11-27(22-26)33-31-20-16-24-8-3-5-12-29(24)34(31)36-35-30-13-6-4-9-25(30)17-21-32(33)35/h3-22H,1-2H3. The first-order valence-electron chi connectivity index (χ1n) is 12.7. The molecule has 1 nitrogen and oxygen atoms in total. The fraction of sp³-hybridized carbons (Fsp3) is 0.0571. The van der Waals surface area contributed by atoms with E-state index in [0.29, 0.717) is 0 Å². The zero-order valence-corrected chi connectivity index (χ0v) is 21.8. The topological polar surface area (TPSA) is 12.9 Å². The van der Waals surface area contributed by atoms with Crippen molar-refractivity contribution in [2.24, 2.45) is 0 Å². The summed E-state index contributed by atoms with van der Waals surface area (Å²) in [7, 11) is -0.0955. The van der Waals surface area contributed by atoms with Gasteiger partial charge in [0.2, 0.25) is 0 Å². The Morgan fingerprint density at radius 2 is 1.03 bits per heavy atom. The number of benzene rings is 6. The number of pyridine rings is 1. The van der Waals surface area contributed by atoms with E-state index in [1.54, 1.807) is 0 Å². The maximum absolute atomic E-state index is 5.33. The summed E-state index contributed by atoms with van der Waals surface area (Å²) in [4.78, 5) is 5.33. The molecular formula is C35H26NP. The first-order valence-corrected chi connectivity index (χ1v) is 14.9. The molecule has 0 radical (unpaired) electrons. The average Bonchev–Trinajstić information content (AvgIpc) is 2.96. The number of hydrogen-bond donors (Lipinski definition) is 0. The Kier molecular flexibility index (Phi) is 5.27. The van der Waals surface area contributed by atoms with Gasteiger partial charge in [-0.15, -0.1) is 0 Å². The lowest BCUT2D eigenvalue weighted by molar-refractivity contribution is 1.53. The Balaban J connectivity index is 1.55. The van der Waals surface area contributed by atoms with Crippen molar-refractivity contribution in [3.63, 3.8) is 0 Å². The van der Waals surface area contributed by atoms with E-state index < -0.39 is 0 Å². The van der Waals surface area contributed by atoms with Crippen LogP contribution in [-0.4, -0.2) is 18.3 Å². The van der Waals surface area contributed by atoms with Gasteiger partial charge in [0.1, 0.15) is 0 Å². The van der Waals surface area contributed by atoms with E-state index in [2.05, 4.69) is 135 Å². The highest BCUT2D eigenvalue weighted by Crippen LogP contribution is 2.40. The lowest BCUT2D eigenvalue weighted by atomic mass is 9.91. The molecule has 1 aromatic heterocycles. The number of rotatable bonds is 3. The molecule has 7 aromatic rings. The predicted octanol–water partition coefficient (Wildman–Crippen LogP) is 9.40. The molecule has 0 amide bonds. The first kappa shape index (κ1) is 22.2. The molecule has 2 heteroatoms. The van der Waals surface area contributed by atoms with Crippen LogP contribution in [0.4, 0.5) is 0 Å². The molecule has 0 aliphatic carbocycles. The molecule has 7 rings (SSSR count).